The molecule has 136 valence electrons. The minimum Gasteiger partial charge on any atom is -0.481 e. The molecule has 26 heavy (non-hydrogen) atoms. The Hall–Kier alpha value is -2.28. The summed E-state index contributed by atoms with van der Waals surface area (Å²) in [6, 6.07) is 6.09. The predicted octanol–water partition coefficient (Wildman–Crippen LogP) is 3.21. The van der Waals surface area contributed by atoms with Gasteiger partial charge in [0, 0.05) is 24.0 Å². The number of nitrogens with zero attached hydrogens (tertiary/aromatic N) is 2. The molecule has 0 radical (unpaired) electrons. The summed E-state index contributed by atoms with van der Waals surface area (Å²) >= 11 is 1.39. The Morgan fingerprint density at radius 3 is 2.81 bits per heavy atom. The van der Waals surface area contributed by atoms with Crippen molar-refractivity contribution in [3.05, 3.63) is 40.5 Å². The smallest absolute Gasteiger partial charge is 0.311 e. The molecule has 1 N–H and O–H groups in total. The fraction of sp³-hybridized carbons (Fsp3) is 0.421. The van der Waals surface area contributed by atoms with Gasteiger partial charge in [0.2, 0.25) is 5.91 Å². The Bertz CT molecular complexity index is 851. The lowest BCUT2D eigenvalue weighted by Gasteiger charge is -2.23. The second-order valence-electron chi connectivity index (χ2n) is 7.13. The molecule has 2 heterocycles. The number of hydrogen-bond acceptors (Lipinski definition) is 4. The number of rotatable bonds is 4. The van der Waals surface area contributed by atoms with E-state index in [2.05, 4.69) is 4.98 Å². The first-order valence-corrected chi connectivity index (χ1v) is 9.57. The fourth-order valence-electron chi connectivity index (χ4n) is 4.22. The van der Waals surface area contributed by atoms with Crippen LogP contribution in [0.1, 0.15) is 24.3 Å². The van der Waals surface area contributed by atoms with Gasteiger partial charge in [-0.15, -0.1) is 11.3 Å². The van der Waals surface area contributed by atoms with Crippen LogP contribution in [0, 0.1) is 17.2 Å². The molecule has 1 aromatic carbocycles. The van der Waals surface area contributed by atoms with Crippen LogP contribution in [0.25, 0.3) is 11.3 Å². The van der Waals surface area contributed by atoms with E-state index < -0.39 is 11.4 Å². The number of carboxylic acid groups (broad SMARTS) is 1. The minimum atomic E-state index is -0.775. The van der Waals surface area contributed by atoms with Crippen LogP contribution in [0.4, 0.5) is 4.39 Å². The number of likely N-dealkylation sites (tertiary alicyclic amines) is 1. The average molecular weight is 374 g/mol. The molecule has 5 nitrogen and oxygen atoms in total. The Morgan fingerprint density at radius 2 is 2.12 bits per heavy atom. The number of carbonyl (C=O) groups is 2. The predicted molar refractivity (Wildman–Crippen MR) is 95.2 cm³/mol. The van der Waals surface area contributed by atoms with Crippen LogP contribution in [0.2, 0.25) is 0 Å². The normalized spacial score (nSPS) is 24.7. The zero-order valence-electron chi connectivity index (χ0n) is 14.2. The van der Waals surface area contributed by atoms with Crippen LogP contribution >= 0.6 is 11.3 Å². The standard InChI is InChI=1S/C19H19FN2O3S/c20-14-5-3-12(4-6-14)15-10-26-16(21-15)8-17(23)22-9-13-2-1-7-19(13,11-22)18(24)25/h3-6,10,13H,1-2,7-9,11H2,(H,24,25)/t13-,19+/m0/s1. The Labute approximate surface area is 154 Å². The maximum atomic E-state index is 13.0. The number of hydrogen-bond donors (Lipinski definition) is 1. The number of halogens is 1. The number of aliphatic carboxylic acids is 1. The lowest BCUT2D eigenvalue weighted by atomic mass is 9.81. The van der Waals surface area contributed by atoms with E-state index in [1.54, 1.807) is 17.0 Å². The van der Waals surface area contributed by atoms with Crippen LogP contribution in [0.15, 0.2) is 29.6 Å². The molecule has 1 saturated heterocycles. The summed E-state index contributed by atoms with van der Waals surface area (Å²) in [6.45, 7) is 0.837. The highest BCUT2D eigenvalue weighted by atomic mass is 32.1. The lowest BCUT2D eigenvalue weighted by molar-refractivity contribution is -0.149. The second-order valence-corrected chi connectivity index (χ2v) is 8.08. The van der Waals surface area contributed by atoms with Crippen LogP contribution in [-0.4, -0.2) is 40.0 Å². The van der Waals surface area contributed by atoms with Crippen molar-refractivity contribution in [1.29, 1.82) is 0 Å². The highest BCUT2D eigenvalue weighted by Crippen LogP contribution is 2.49. The van der Waals surface area contributed by atoms with Crippen molar-refractivity contribution >= 4 is 23.2 Å². The minimum absolute atomic E-state index is 0.0648. The van der Waals surface area contributed by atoms with E-state index in [1.807, 2.05) is 5.38 Å². The molecule has 4 rings (SSSR count). The summed E-state index contributed by atoms with van der Waals surface area (Å²) in [5, 5.41) is 12.2. The highest BCUT2D eigenvalue weighted by Gasteiger charge is 2.55. The molecule has 2 atom stereocenters. The molecule has 1 saturated carbocycles. The van der Waals surface area contributed by atoms with Gasteiger partial charge in [-0.05, 0) is 43.0 Å². The van der Waals surface area contributed by atoms with Crippen molar-refractivity contribution in [2.24, 2.45) is 11.3 Å². The number of carbonyl (C=O) groups excluding carboxylic acids is 1. The average Bonchev–Trinajstić information content (AvgIpc) is 3.29. The van der Waals surface area contributed by atoms with E-state index in [4.69, 9.17) is 0 Å². The van der Waals surface area contributed by atoms with Gasteiger partial charge in [0.25, 0.3) is 0 Å². The third kappa shape index (κ3) is 2.90. The van der Waals surface area contributed by atoms with Crippen molar-refractivity contribution in [2.45, 2.75) is 25.7 Å². The Kier molecular flexibility index (Phi) is 4.26. The van der Waals surface area contributed by atoms with Crippen molar-refractivity contribution in [3.8, 4) is 11.3 Å². The topological polar surface area (TPSA) is 70.5 Å². The molecule has 1 aliphatic carbocycles. The van der Waals surface area contributed by atoms with Gasteiger partial charge in [0.05, 0.1) is 17.5 Å². The quantitative estimate of drug-likeness (QED) is 0.892. The molecule has 7 heteroatoms. The summed E-state index contributed by atoms with van der Waals surface area (Å²) in [5.41, 5.74) is 0.776. The fourth-order valence-corrected chi connectivity index (χ4v) is 5.01. The molecule has 2 aromatic rings. The SMILES string of the molecule is O=C(Cc1nc(-c2ccc(F)cc2)cs1)N1C[C@@H]2CCC[C@@]2(C(=O)O)C1. The third-order valence-corrected chi connectivity index (χ3v) is 6.49. The Morgan fingerprint density at radius 1 is 1.35 bits per heavy atom. The zero-order chi connectivity index (χ0) is 18.3. The highest BCUT2D eigenvalue weighted by molar-refractivity contribution is 7.10. The molecule has 1 aliphatic heterocycles. The maximum absolute atomic E-state index is 13.0. The Balaban J connectivity index is 1.45. The van der Waals surface area contributed by atoms with Gasteiger partial charge in [-0.1, -0.05) is 6.42 Å². The van der Waals surface area contributed by atoms with E-state index in [-0.39, 0.29) is 24.1 Å². The van der Waals surface area contributed by atoms with Gasteiger partial charge in [-0.25, -0.2) is 9.37 Å². The van der Waals surface area contributed by atoms with Crippen LogP contribution in [-0.2, 0) is 16.0 Å². The van der Waals surface area contributed by atoms with Crippen molar-refractivity contribution in [1.82, 2.24) is 9.88 Å². The summed E-state index contributed by atoms with van der Waals surface area (Å²) in [7, 11) is 0. The van der Waals surface area contributed by atoms with E-state index in [0.717, 1.165) is 24.1 Å². The first-order chi connectivity index (χ1) is 12.5. The number of carboxylic acids is 1. The molecule has 2 fully saturated rings. The van der Waals surface area contributed by atoms with Crippen LogP contribution < -0.4 is 0 Å². The van der Waals surface area contributed by atoms with Crippen LogP contribution in [0.5, 0.6) is 0 Å². The van der Waals surface area contributed by atoms with Crippen molar-refractivity contribution < 1.29 is 19.1 Å². The van der Waals surface area contributed by atoms with Gasteiger partial charge in [-0.3, -0.25) is 9.59 Å². The summed E-state index contributed by atoms with van der Waals surface area (Å²) < 4.78 is 13.0. The summed E-state index contributed by atoms with van der Waals surface area (Å²) in [6.07, 6.45) is 2.63. The largest absolute Gasteiger partial charge is 0.481 e. The van der Waals surface area contributed by atoms with Gasteiger partial charge < -0.3 is 10.0 Å². The van der Waals surface area contributed by atoms with Crippen molar-refractivity contribution in [3.63, 3.8) is 0 Å². The second kappa shape index (κ2) is 6.46. The number of amides is 1. The molecule has 0 spiro atoms. The molecule has 0 bridgehead atoms. The van der Waals surface area contributed by atoms with Gasteiger partial charge >= 0.3 is 5.97 Å². The molecular formula is C19H19FN2O3S. The molecule has 2 aliphatic rings. The first kappa shape index (κ1) is 17.1. The first-order valence-electron chi connectivity index (χ1n) is 8.69. The van der Waals surface area contributed by atoms with E-state index >= 15 is 0 Å². The van der Waals surface area contributed by atoms with Gasteiger partial charge in [-0.2, -0.15) is 0 Å². The molecule has 1 aromatic heterocycles. The number of thiazole rings is 1. The monoisotopic (exact) mass is 374 g/mol. The zero-order valence-corrected chi connectivity index (χ0v) is 15.0. The molecule has 0 unspecified atom stereocenters. The van der Waals surface area contributed by atoms with E-state index in [1.165, 1.54) is 23.5 Å². The summed E-state index contributed by atoms with van der Waals surface area (Å²) in [4.78, 5) is 30.6. The lowest BCUT2D eigenvalue weighted by Crippen LogP contribution is -2.37. The number of fused-ring (bicyclic) bond motifs is 1. The van der Waals surface area contributed by atoms with E-state index in [0.29, 0.717) is 24.5 Å². The third-order valence-electron chi connectivity index (χ3n) is 5.64. The van der Waals surface area contributed by atoms with Gasteiger partial charge in [0.15, 0.2) is 0 Å². The number of benzene rings is 1. The van der Waals surface area contributed by atoms with Crippen molar-refractivity contribution in [2.75, 3.05) is 13.1 Å². The maximum Gasteiger partial charge on any atom is 0.311 e. The van der Waals surface area contributed by atoms with E-state index in [9.17, 15) is 19.1 Å². The number of aromatic nitrogens is 1. The summed E-state index contributed by atoms with van der Waals surface area (Å²) in [5.74, 6) is -1.08. The van der Waals surface area contributed by atoms with Gasteiger partial charge in [0.1, 0.15) is 10.8 Å². The molecular weight excluding hydrogens is 355 g/mol. The molecule has 1 amide bonds. The van der Waals surface area contributed by atoms with Crippen LogP contribution in [0.3, 0.4) is 0 Å².